The van der Waals surface area contributed by atoms with Crippen LogP contribution in [0.2, 0.25) is 0 Å². The van der Waals surface area contributed by atoms with Crippen LogP contribution in [0, 0.1) is 13.8 Å². The van der Waals surface area contributed by atoms with Gasteiger partial charge in [-0.2, -0.15) is 0 Å². The van der Waals surface area contributed by atoms with E-state index < -0.39 is 5.60 Å². The van der Waals surface area contributed by atoms with E-state index in [1.165, 1.54) is 11.1 Å². The van der Waals surface area contributed by atoms with Gasteiger partial charge in [0.15, 0.2) is 0 Å². The molecule has 0 aromatic heterocycles. The summed E-state index contributed by atoms with van der Waals surface area (Å²) in [6.45, 7) is 12.4. The van der Waals surface area contributed by atoms with Gasteiger partial charge in [-0.25, -0.2) is 0 Å². The Labute approximate surface area is 204 Å². The second-order valence-corrected chi connectivity index (χ2v) is 9.86. The van der Waals surface area contributed by atoms with E-state index in [1.807, 2.05) is 12.1 Å². The fourth-order valence-electron chi connectivity index (χ4n) is 4.82. The minimum atomic E-state index is -0.781. The fourth-order valence-corrected chi connectivity index (χ4v) is 4.82. The van der Waals surface area contributed by atoms with Crippen LogP contribution in [0.4, 0.5) is 0 Å². The minimum absolute atomic E-state index is 0.344. The number of nitrogens with zero attached hydrogens (tertiary/aromatic N) is 2. The molecule has 0 unspecified atom stereocenters. The molecule has 0 saturated carbocycles. The number of hydrogen-bond donors (Lipinski definition) is 1. The minimum Gasteiger partial charge on any atom is -0.492 e. The zero-order valence-corrected chi connectivity index (χ0v) is 20.8. The maximum Gasteiger partial charge on any atom is 0.122 e. The zero-order valence-electron chi connectivity index (χ0n) is 20.8. The highest BCUT2D eigenvalue weighted by Gasteiger charge is 2.31. The van der Waals surface area contributed by atoms with Gasteiger partial charge in [-0.1, -0.05) is 29.8 Å². The van der Waals surface area contributed by atoms with Crippen LogP contribution in [0.25, 0.3) is 0 Å². The lowest BCUT2D eigenvalue weighted by Crippen LogP contribution is -2.38. The molecule has 0 amide bonds. The number of ether oxygens (including phenoxy) is 3. The van der Waals surface area contributed by atoms with Gasteiger partial charge in [0.2, 0.25) is 0 Å². The second-order valence-electron chi connectivity index (χ2n) is 9.86. The van der Waals surface area contributed by atoms with Crippen LogP contribution in [0.5, 0.6) is 11.5 Å². The molecule has 1 N–H and O–H groups in total. The van der Waals surface area contributed by atoms with Crippen LogP contribution in [0.3, 0.4) is 0 Å². The Balaban J connectivity index is 1.24. The molecule has 1 atom stereocenters. The van der Waals surface area contributed by atoms with Crippen molar-refractivity contribution >= 4 is 0 Å². The van der Waals surface area contributed by atoms with Gasteiger partial charge in [-0.15, -0.1) is 0 Å². The molecule has 2 heterocycles. The van der Waals surface area contributed by atoms with E-state index in [4.69, 9.17) is 14.2 Å². The third kappa shape index (κ3) is 7.44. The molecular formula is C28H40N2O4. The van der Waals surface area contributed by atoms with E-state index in [0.29, 0.717) is 19.6 Å². The summed E-state index contributed by atoms with van der Waals surface area (Å²) in [5.74, 6) is 1.80. The monoisotopic (exact) mass is 468 g/mol. The molecule has 2 aromatic carbocycles. The molecule has 0 bridgehead atoms. The van der Waals surface area contributed by atoms with Crippen molar-refractivity contribution in [1.29, 1.82) is 0 Å². The van der Waals surface area contributed by atoms with Gasteiger partial charge in [0.25, 0.3) is 0 Å². The first-order valence-electron chi connectivity index (χ1n) is 12.7. The summed E-state index contributed by atoms with van der Waals surface area (Å²) in [4.78, 5) is 4.82. The smallest absolute Gasteiger partial charge is 0.122 e. The molecule has 0 aliphatic carbocycles. The lowest BCUT2D eigenvalue weighted by Gasteiger charge is -2.27. The SMILES string of the molecule is Cc1ccc(OC[C@]2(O)CCCN(Cc3cccc(OCCN4CCOCC4)c3)CC2)c(C)c1. The van der Waals surface area contributed by atoms with Crippen molar-refractivity contribution in [3.8, 4) is 11.5 Å². The van der Waals surface area contributed by atoms with Crippen LogP contribution >= 0.6 is 0 Å². The van der Waals surface area contributed by atoms with Crippen molar-refractivity contribution in [2.75, 3.05) is 59.2 Å². The molecule has 186 valence electrons. The third-order valence-corrected chi connectivity index (χ3v) is 6.92. The van der Waals surface area contributed by atoms with E-state index in [0.717, 1.165) is 82.4 Å². The van der Waals surface area contributed by atoms with Crippen LogP contribution in [0.15, 0.2) is 42.5 Å². The van der Waals surface area contributed by atoms with Crippen molar-refractivity contribution in [2.45, 2.75) is 45.3 Å². The van der Waals surface area contributed by atoms with E-state index in [1.54, 1.807) is 0 Å². The highest BCUT2D eigenvalue weighted by molar-refractivity contribution is 5.35. The lowest BCUT2D eigenvalue weighted by atomic mass is 9.96. The van der Waals surface area contributed by atoms with Crippen LogP contribution in [0.1, 0.15) is 36.0 Å². The molecule has 0 spiro atoms. The normalized spacial score (nSPS) is 22.3. The molecule has 0 radical (unpaired) electrons. The second kappa shape index (κ2) is 12.0. The number of morpholine rings is 1. The van der Waals surface area contributed by atoms with Crippen molar-refractivity contribution < 1.29 is 19.3 Å². The molecular weight excluding hydrogens is 428 g/mol. The molecule has 6 nitrogen and oxygen atoms in total. The van der Waals surface area contributed by atoms with Gasteiger partial charge in [0.1, 0.15) is 24.7 Å². The van der Waals surface area contributed by atoms with Crippen LogP contribution < -0.4 is 9.47 Å². The molecule has 2 aliphatic heterocycles. The number of rotatable bonds is 9. The number of benzene rings is 2. The molecule has 2 fully saturated rings. The van der Waals surface area contributed by atoms with Crippen LogP contribution in [-0.2, 0) is 11.3 Å². The van der Waals surface area contributed by atoms with Gasteiger partial charge in [-0.3, -0.25) is 9.80 Å². The standard InChI is InChI=1S/C28H40N2O4/c1-23-7-8-27(24(2)19-23)34-22-28(31)9-4-11-30(12-10-28)21-25-5-3-6-26(20-25)33-18-15-29-13-16-32-17-14-29/h3,5-8,19-20,31H,4,9-18,21-22H2,1-2H3/t28-/m0/s1. The van der Waals surface area contributed by atoms with Gasteiger partial charge in [0.05, 0.1) is 18.8 Å². The number of likely N-dealkylation sites (tertiary alicyclic amines) is 1. The Morgan fingerprint density at radius 1 is 0.941 bits per heavy atom. The first-order valence-corrected chi connectivity index (χ1v) is 12.7. The summed E-state index contributed by atoms with van der Waals surface area (Å²) in [7, 11) is 0. The summed E-state index contributed by atoms with van der Waals surface area (Å²) in [5, 5.41) is 11.2. The van der Waals surface area contributed by atoms with E-state index in [2.05, 4.69) is 54.0 Å². The first kappa shape index (κ1) is 25.0. The third-order valence-electron chi connectivity index (χ3n) is 6.92. The highest BCUT2D eigenvalue weighted by Crippen LogP contribution is 2.27. The average molecular weight is 469 g/mol. The fraction of sp³-hybridized carbons (Fsp3) is 0.571. The molecule has 2 saturated heterocycles. The summed E-state index contributed by atoms with van der Waals surface area (Å²) >= 11 is 0. The summed E-state index contributed by atoms with van der Waals surface area (Å²) < 4.78 is 17.5. The molecule has 2 aromatic rings. The van der Waals surface area contributed by atoms with Crippen LogP contribution in [-0.4, -0.2) is 79.7 Å². The quantitative estimate of drug-likeness (QED) is 0.604. The van der Waals surface area contributed by atoms with Gasteiger partial charge < -0.3 is 19.3 Å². The lowest BCUT2D eigenvalue weighted by molar-refractivity contribution is -0.0170. The Hall–Kier alpha value is -2.12. The largest absolute Gasteiger partial charge is 0.492 e. The maximum atomic E-state index is 11.2. The number of aryl methyl sites for hydroxylation is 2. The Morgan fingerprint density at radius 3 is 2.62 bits per heavy atom. The van der Waals surface area contributed by atoms with Crippen molar-refractivity contribution in [1.82, 2.24) is 9.80 Å². The number of hydrogen-bond acceptors (Lipinski definition) is 6. The average Bonchev–Trinajstić information content (AvgIpc) is 3.01. The summed E-state index contributed by atoms with van der Waals surface area (Å²) in [5.41, 5.74) is 2.81. The van der Waals surface area contributed by atoms with Gasteiger partial charge in [0, 0.05) is 32.7 Å². The topological polar surface area (TPSA) is 54.4 Å². The van der Waals surface area contributed by atoms with Gasteiger partial charge >= 0.3 is 0 Å². The molecule has 2 aliphatic rings. The van der Waals surface area contributed by atoms with Gasteiger partial charge in [-0.05, 0) is 69.0 Å². The molecule has 6 heteroatoms. The maximum absolute atomic E-state index is 11.2. The predicted molar refractivity (Wildman–Crippen MR) is 135 cm³/mol. The zero-order chi connectivity index (χ0) is 23.8. The molecule has 4 rings (SSSR count). The summed E-state index contributed by atoms with van der Waals surface area (Å²) in [6.07, 6.45) is 2.44. The number of aliphatic hydroxyl groups is 1. The first-order chi connectivity index (χ1) is 16.5. The highest BCUT2D eigenvalue weighted by atomic mass is 16.5. The predicted octanol–water partition coefficient (Wildman–Crippen LogP) is 3.81. The molecule has 34 heavy (non-hydrogen) atoms. The van der Waals surface area contributed by atoms with E-state index in [-0.39, 0.29) is 0 Å². The van der Waals surface area contributed by atoms with E-state index >= 15 is 0 Å². The Bertz CT molecular complexity index is 915. The van der Waals surface area contributed by atoms with Crippen molar-refractivity contribution in [3.63, 3.8) is 0 Å². The summed E-state index contributed by atoms with van der Waals surface area (Å²) in [6, 6.07) is 14.6. The van der Waals surface area contributed by atoms with E-state index in [9.17, 15) is 5.11 Å². The Kier molecular flexibility index (Phi) is 8.84. The van der Waals surface area contributed by atoms with Crippen molar-refractivity contribution in [2.24, 2.45) is 0 Å². The Morgan fingerprint density at radius 2 is 1.79 bits per heavy atom. The van der Waals surface area contributed by atoms with Crippen molar-refractivity contribution in [3.05, 3.63) is 59.2 Å².